The third kappa shape index (κ3) is 5.18. The number of carbonyl (C=O) groups is 1. The number of carbonyl (C=O) groups excluding carboxylic acids is 1. The first-order valence-corrected chi connectivity index (χ1v) is 8.47. The van der Waals surface area contributed by atoms with Crippen molar-refractivity contribution in [3.8, 4) is 0 Å². The number of rotatable bonds is 10. The van der Waals surface area contributed by atoms with Crippen molar-refractivity contribution >= 4 is 12.0 Å². The maximum Gasteiger partial charge on any atom is 0.150 e. The molecule has 0 aliphatic carbocycles. The van der Waals surface area contributed by atoms with Crippen LogP contribution >= 0.6 is 0 Å². The summed E-state index contributed by atoms with van der Waals surface area (Å²) in [4.78, 5) is 13.6. The minimum Gasteiger partial charge on any atom is -0.371 e. The largest absolute Gasteiger partial charge is 0.371 e. The topological polar surface area (TPSA) is 20.3 Å². The van der Waals surface area contributed by atoms with E-state index in [-0.39, 0.29) is 0 Å². The third-order valence-corrected chi connectivity index (χ3v) is 4.33. The van der Waals surface area contributed by atoms with E-state index in [9.17, 15) is 4.79 Å². The zero-order valence-electron chi connectivity index (χ0n) is 14.2. The number of hydrogen-bond acceptors (Lipinski definition) is 2. The summed E-state index contributed by atoms with van der Waals surface area (Å²) in [6, 6.07) is 6.07. The summed E-state index contributed by atoms with van der Waals surface area (Å²) in [6.45, 7) is 11.0. The Labute approximate surface area is 130 Å². The lowest BCUT2D eigenvalue weighted by Gasteiger charge is -2.30. The molecule has 0 saturated heterocycles. The summed E-state index contributed by atoms with van der Waals surface area (Å²) >= 11 is 0. The predicted octanol–water partition coefficient (Wildman–Crippen LogP) is 5.24. The van der Waals surface area contributed by atoms with E-state index in [1.54, 1.807) is 0 Å². The number of aldehydes is 1. The monoisotopic (exact) mass is 289 g/mol. The molecular formula is C19H31NO. The van der Waals surface area contributed by atoms with Crippen LogP contribution in [0.25, 0.3) is 0 Å². The first-order valence-electron chi connectivity index (χ1n) is 8.47. The molecule has 0 bridgehead atoms. The van der Waals surface area contributed by atoms with E-state index in [1.807, 2.05) is 12.1 Å². The van der Waals surface area contributed by atoms with Gasteiger partial charge in [0.25, 0.3) is 0 Å². The van der Waals surface area contributed by atoms with E-state index in [0.29, 0.717) is 0 Å². The van der Waals surface area contributed by atoms with Crippen molar-refractivity contribution in [2.45, 2.75) is 59.8 Å². The van der Waals surface area contributed by atoms with Gasteiger partial charge in [0.15, 0.2) is 0 Å². The number of unbranched alkanes of at least 4 members (excludes halogenated alkanes) is 1. The zero-order chi connectivity index (χ0) is 15.7. The van der Waals surface area contributed by atoms with Gasteiger partial charge in [-0.25, -0.2) is 0 Å². The van der Waals surface area contributed by atoms with Crippen molar-refractivity contribution in [1.29, 1.82) is 0 Å². The lowest BCUT2D eigenvalue weighted by atomic mass is 9.97. The average Bonchev–Trinajstić information content (AvgIpc) is 2.50. The fourth-order valence-corrected chi connectivity index (χ4v) is 2.92. The standard InChI is InChI=1S/C19H31NO/c1-5-8-10-17(7-3)14-20(13-6-2)19-12-9-11-18(15-21)16(19)4/h9,11-12,15,17H,5-8,10,13-14H2,1-4H3. The molecule has 1 atom stereocenters. The summed E-state index contributed by atoms with van der Waals surface area (Å²) in [5, 5.41) is 0. The highest BCUT2D eigenvalue weighted by atomic mass is 16.1. The molecular weight excluding hydrogens is 258 g/mol. The molecule has 0 N–H and O–H groups in total. The van der Waals surface area contributed by atoms with E-state index < -0.39 is 0 Å². The maximum absolute atomic E-state index is 11.2. The van der Waals surface area contributed by atoms with Gasteiger partial charge in [0, 0.05) is 24.3 Å². The summed E-state index contributed by atoms with van der Waals surface area (Å²) < 4.78 is 0. The van der Waals surface area contributed by atoms with Crippen molar-refractivity contribution in [3.63, 3.8) is 0 Å². The van der Waals surface area contributed by atoms with E-state index in [2.05, 4.69) is 38.7 Å². The fourth-order valence-electron chi connectivity index (χ4n) is 2.92. The zero-order valence-corrected chi connectivity index (χ0v) is 14.2. The van der Waals surface area contributed by atoms with Crippen LogP contribution in [0.2, 0.25) is 0 Å². The summed E-state index contributed by atoms with van der Waals surface area (Å²) in [5.74, 6) is 0.746. The van der Waals surface area contributed by atoms with Crippen LogP contribution in [-0.2, 0) is 0 Å². The summed E-state index contributed by atoms with van der Waals surface area (Å²) in [5.41, 5.74) is 3.16. The van der Waals surface area contributed by atoms with Crippen LogP contribution < -0.4 is 4.90 Å². The number of nitrogens with zero attached hydrogens (tertiary/aromatic N) is 1. The molecule has 1 rings (SSSR count). The molecule has 1 aromatic carbocycles. The first kappa shape index (κ1) is 17.7. The van der Waals surface area contributed by atoms with Gasteiger partial charge >= 0.3 is 0 Å². The highest BCUT2D eigenvalue weighted by Crippen LogP contribution is 2.25. The van der Waals surface area contributed by atoms with Crippen molar-refractivity contribution in [1.82, 2.24) is 0 Å². The van der Waals surface area contributed by atoms with Gasteiger partial charge in [-0.1, -0.05) is 52.2 Å². The normalized spacial score (nSPS) is 12.2. The van der Waals surface area contributed by atoms with Crippen molar-refractivity contribution < 1.29 is 4.79 Å². The summed E-state index contributed by atoms with van der Waals surface area (Å²) in [6.07, 6.45) is 7.22. The Hall–Kier alpha value is -1.31. The fraction of sp³-hybridized carbons (Fsp3) is 0.632. The Balaban J connectivity index is 2.92. The Morgan fingerprint density at radius 1 is 1.19 bits per heavy atom. The highest BCUT2D eigenvalue weighted by molar-refractivity contribution is 5.80. The van der Waals surface area contributed by atoms with Crippen molar-refractivity contribution in [2.75, 3.05) is 18.0 Å². The smallest absolute Gasteiger partial charge is 0.150 e. The van der Waals surface area contributed by atoms with E-state index in [1.165, 1.54) is 31.4 Å². The molecule has 0 saturated carbocycles. The Morgan fingerprint density at radius 2 is 1.95 bits per heavy atom. The molecule has 0 aliphatic rings. The Morgan fingerprint density at radius 3 is 2.52 bits per heavy atom. The van der Waals surface area contributed by atoms with Gasteiger partial charge in [-0.05, 0) is 37.3 Å². The number of hydrogen-bond donors (Lipinski definition) is 0. The van der Waals surface area contributed by atoms with Gasteiger partial charge in [0.05, 0.1) is 0 Å². The van der Waals surface area contributed by atoms with Crippen LogP contribution in [0.15, 0.2) is 18.2 Å². The maximum atomic E-state index is 11.2. The molecule has 0 fully saturated rings. The van der Waals surface area contributed by atoms with Gasteiger partial charge in [-0.3, -0.25) is 4.79 Å². The number of benzene rings is 1. The molecule has 118 valence electrons. The predicted molar refractivity (Wildman–Crippen MR) is 92.4 cm³/mol. The second-order valence-corrected chi connectivity index (χ2v) is 5.97. The molecule has 0 amide bonds. The second kappa shape index (κ2) is 9.59. The minimum atomic E-state index is 0.746. The SMILES string of the molecule is CCCCC(CC)CN(CCC)c1cccc(C=O)c1C. The molecule has 0 radical (unpaired) electrons. The molecule has 21 heavy (non-hydrogen) atoms. The van der Waals surface area contributed by atoms with Crippen LogP contribution in [0, 0.1) is 12.8 Å². The molecule has 0 aromatic heterocycles. The summed E-state index contributed by atoms with van der Waals surface area (Å²) in [7, 11) is 0. The van der Waals surface area contributed by atoms with Crippen LogP contribution in [0.4, 0.5) is 5.69 Å². The molecule has 1 unspecified atom stereocenters. The molecule has 0 aliphatic heterocycles. The van der Waals surface area contributed by atoms with Gasteiger partial charge in [-0.2, -0.15) is 0 Å². The molecule has 0 heterocycles. The minimum absolute atomic E-state index is 0.746. The van der Waals surface area contributed by atoms with E-state index in [4.69, 9.17) is 0 Å². The van der Waals surface area contributed by atoms with E-state index >= 15 is 0 Å². The average molecular weight is 289 g/mol. The highest BCUT2D eigenvalue weighted by Gasteiger charge is 2.15. The van der Waals surface area contributed by atoms with Crippen LogP contribution in [0.5, 0.6) is 0 Å². The van der Waals surface area contributed by atoms with Gasteiger partial charge < -0.3 is 4.90 Å². The lowest BCUT2D eigenvalue weighted by Crippen LogP contribution is -2.31. The molecule has 2 nitrogen and oxygen atoms in total. The van der Waals surface area contributed by atoms with E-state index in [0.717, 1.165) is 42.8 Å². The van der Waals surface area contributed by atoms with Gasteiger partial charge in [0.1, 0.15) is 6.29 Å². The van der Waals surface area contributed by atoms with Crippen molar-refractivity contribution in [3.05, 3.63) is 29.3 Å². The quantitative estimate of drug-likeness (QED) is 0.549. The van der Waals surface area contributed by atoms with Crippen LogP contribution in [-0.4, -0.2) is 19.4 Å². The molecule has 1 aromatic rings. The molecule has 2 heteroatoms. The van der Waals surface area contributed by atoms with Crippen LogP contribution in [0.1, 0.15) is 68.8 Å². The first-order chi connectivity index (χ1) is 10.2. The number of anilines is 1. The second-order valence-electron chi connectivity index (χ2n) is 5.97. The Bertz CT molecular complexity index is 428. The van der Waals surface area contributed by atoms with Crippen molar-refractivity contribution in [2.24, 2.45) is 5.92 Å². The van der Waals surface area contributed by atoms with Crippen LogP contribution in [0.3, 0.4) is 0 Å². The molecule has 0 spiro atoms. The van der Waals surface area contributed by atoms with Gasteiger partial charge in [-0.15, -0.1) is 0 Å². The van der Waals surface area contributed by atoms with Gasteiger partial charge in [0.2, 0.25) is 0 Å². The Kier molecular flexibility index (Phi) is 8.11. The third-order valence-electron chi connectivity index (χ3n) is 4.33. The lowest BCUT2D eigenvalue weighted by molar-refractivity contribution is 0.112.